The van der Waals surface area contributed by atoms with E-state index in [0.29, 0.717) is 6.42 Å². The molecule has 1 aliphatic carbocycles. The molecule has 0 fully saturated rings. The van der Waals surface area contributed by atoms with Crippen molar-refractivity contribution in [1.82, 2.24) is 5.01 Å². The Balaban J connectivity index is 1.80. The van der Waals surface area contributed by atoms with Gasteiger partial charge in [0.05, 0.1) is 18.9 Å². The van der Waals surface area contributed by atoms with Gasteiger partial charge >= 0.3 is 0 Å². The maximum absolute atomic E-state index is 12.6. The molecular weight excluding hydrogens is 392 g/mol. The van der Waals surface area contributed by atoms with Crippen LogP contribution in [0.2, 0.25) is 0 Å². The number of rotatable bonds is 3. The van der Waals surface area contributed by atoms with Gasteiger partial charge in [-0.05, 0) is 48.2 Å². The number of benzene rings is 2. The quantitative estimate of drug-likeness (QED) is 0.731. The largest absolute Gasteiger partial charge is 0.497 e. The van der Waals surface area contributed by atoms with Gasteiger partial charge in [-0.2, -0.15) is 5.10 Å². The molecule has 2 atom stereocenters. The fraction of sp³-hybridized carbons (Fsp3) is 0.333. The molecule has 2 aliphatic rings. The summed E-state index contributed by atoms with van der Waals surface area (Å²) in [4.78, 5) is 12.6. The highest BCUT2D eigenvalue weighted by Gasteiger charge is 2.43. The lowest BCUT2D eigenvalue weighted by atomic mass is 9.77. The van der Waals surface area contributed by atoms with Crippen LogP contribution in [0.15, 0.2) is 52.0 Å². The van der Waals surface area contributed by atoms with Crippen molar-refractivity contribution in [3.8, 4) is 5.75 Å². The fourth-order valence-corrected chi connectivity index (χ4v) is 4.24. The van der Waals surface area contributed by atoms with Crippen molar-refractivity contribution in [2.24, 2.45) is 11.0 Å². The molecule has 4 rings (SSSR count). The fourth-order valence-electron chi connectivity index (χ4n) is 3.98. The lowest BCUT2D eigenvalue weighted by Gasteiger charge is -2.29. The number of carbonyl (C=O) groups excluding carboxylic acids is 1. The second-order valence-electron chi connectivity index (χ2n) is 6.74. The zero-order valence-electron chi connectivity index (χ0n) is 14.9. The topological polar surface area (TPSA) is 41.9 Å². The molecule has 134 valence electrons. The van der Waals surface area contributed by atoms with Crippen molar-refractivity contribution in [3.05, 3.63) is 63.6 Å². The Morgan fingerprint density at radius 2 is 2.04 bits per heavy atom. The number of halogens is 1. The summed E-state index contributed by atoms with van der Waals surface area (Å²) in [5.74, 6) is 1.10. The normalized spacial score (nSPS) is 21.0. The number of carbonyl (C=O) groups is 1. The van der Waals surface area contributed by atoms with Gasteiger partial charge in [0, 0.05) is 22.4 Å². The van der Waals surface area contributed by atoms with Crippen LogP contribution in [-0.4, -0.2) is 23.7 Å². The number of hydrogen-bond donors (Lipinski definition) is 0. The van der Waals surface area contributed by atoms with E-state index in [1.807, 2.05) is 25.1 Å². The minimum absolute atomic E-state index is 0.0371. The van der Waals surface area contributed by atoms with Crippen LogP contribution in [0.25, 0.3) is 0 Å². The van der Waals surface area contributed by atoms with E-state index in [0.717, 1.165) is 39.9 Å². The summed E-state index contributed by atoms with van der Waals surface area (Å²) in [6, 6.07) is 14.4. The summed E-state index contributed by atoms with van der Waals surface area (Å²) in [7, 11) is 1.68. The van der Waals surface area contributed by atoms with E-state index in [9.17, 15) is 4.79 Å². The molecule has 0 saturated carbocycles. The number of fused-ring (bicyclic) bond motifs is 3. The Morgan fingerprint density at radius 3 is 2.73 bits per heavy atom. The van der Waals surface area contributed by atoms with Gasteiger partial charge in [0.15, 0.2) is 0 Å². The number of aryl methyl sites for hydroxylation is 1. The summed E-state index contributed by atoms with van der Waals surface area (Å²) in [6.07, 6.45) is 2.43. The number of hydrazone groups is 1. The second-order valence-corrected chi connectivity index (χ2v) is 7.66. The Hall–Kier alpha value is -2.14. The van der Waals surface area contributed by atoms with Crippen LogP contribution in [0.1, 0.15) is 42.5 Å². The monoisotopic (exact) mass is 412 g/mol. The minimum Gasteiger partial charge on any atom is -0.497 e. The highest BCUT2D eigenvalue weighted by Crippen LogP contribution is 2.44. The molecule has 0 aromatic heterocycles. The van der Waals surface area contributed by atoms with E-state index in [4.69, 9.17) is 9.84 Å². The Morgan fingerprint density at radius 1 is 1.27 bits per heavy atom. The van der Waals surface area contributed by atoms with E-state index in [-0.39, 0.29) is 17.9 Å². The second kappa shape index (κ2) is 6.88. The minimum atomic E-state index is -0.0371. The van der Waals surface area contributed by atoms with Gasteiger partial charge < -0.3 is 4.74 Å². The van der Waals surface area contributed by atoms with E-state index >= 15 is 0 Å². The Bertz CT molecular complexity index is 876. The number of ether oxygens (including phenoxy) is 1. The summed E-state index contributed by atoms with van der Waals surface area (Å²) in [5.41, 5.74) is 4.54. The Kier molecular flexibility index (Phi) is 4.57. The summed E-state index contributed by atoms with van der Waals surface area (Å²) >= 11 is 3.49. The predicted molar refractivity (Wildman–Crippen MR) is 105 cm³/mol. The SMILES string of the molecule is CCC(=O)N1N=C2c3cc(OC)ccc3CCC2C1c1ccc(Br)cc1. The smallest absolute Gasteiger partial charge is 0.242 e. The first-order chi connectivity index (χ1) is 12.6. The average Bonchev–Trinajstić information content (AvgIpc) is 3.07. The first-order valence-electron chi connectivity index (χ1n) is 8.95. The molecule has 1 heterocycles. The van der Waals surface area contributed by atoms with Gasteiger partial charge in [0.25, 0.3) is 0 Å². The summed E-state index contributed by atoms with van der Waals surface area (Å²) in [5, 5.41) is 6.52. The number of amides is 1. The molecule has 5 heteroatoms. The first kappa shape index (κ1) is 17.3. The van der Waals surface area contributed by atoms with Gasteiger partial charge in [-0.15, -0.1) is 0 Å². The standard InChI is InChI=1S/C21H21BrN2O2/c1-3-19(25)24-21(14-4-8-15(22)9-5-14)17-11-7-13-6-10-16(26-2)12-18(13)20(17)23-24/h4-6,8-10,12,17,21H,3,7,11H2,1-2H3. The van der Waals surface area contributed by atoms with Crippen LogP contribution in [0, 0.1) is 5.92 Å². The number of methoxy groups -OCH3 is 1. The van der Waals surface area contributed by atoms with Gasteiger partial charge in [-0.25, -0.2) is 5.01 Å². The van der Waals surface area contributed by atoms with Crippen LogP contribution in [0.3, 0.4) is 0 Å². The van der Waals surface area contributed by atoms with Crippen LogP contribution < -0.4 is 4.74 Å². The average molecular weight is 413 g/mol. The predicted octanol–water partition coefficient (Wildman–Crippen LogP) is 4.72. The molecule has 0 N–H and O–H groups in total. The van der Waals surface area contributed by atoms with Crippen molar-refractivity contribution in [3.63, 3.8) is 0 Å². The lowest BCUT2D eigenvalue weighted by molar-refractivity contribution is -0.133. The van der Waals surface area contributed by atoms with Gasteiger partial charge in [-0.3, -0.25) is 4.79 Å². The molecule has 1 amide bonds. The highest BCUT2D eigenvalue weighted by molar-refractivity contribution is 9.10. The van der Waals surface area contributed by atoms with E-state index in [1.54, 1.807) is 12.1 Å². The summed E-state index contributed by atoms with van der Waals surface area (Å²) in [6.45, 7) is 1.89. The van der Waals surface area contributed by atoms with Crippen LogP contribution in [0.5, 0.6) is 5.75 Å². The molecule has 2 unspecified atom stereocenters. The molecule has 2 aromatic rings. The third kappa shape index (κ3) is 2.84. The molecule has 0 bridgehead atoms. The molecular formula is C21H21BrN2O2. The zero-order chi connectivity index (χ0) is 18.3. The molecule has 26 heavy (non-hydrogen) atoms. The van der Waals surface area contributed by atoms with Crippen LogP contribution >= 0.6 is 15.9 Å². The van der Waals surface area contributed by atoms with Gasteiger partial charge in [0.1, 0.15) is 5.75 Å². The van der Waals surface area contributed by atoms with Crippen LogP contribution in [0.4, 0.5) is 0 Å². The zero-order valence-corrected chi connectivity index (χ0v) is 16.5. The van der Waals surface area contributed by atoms with Crippen molar-refractivity contribution >= 4 is 27.5 Å². The third-order valence-electron chi connectivity index (χ3n) is 5.30. The van der Waals surface area contributed by atoms with E-state index in [2.05, 4.69) is 40.2 Å². The molecule has 0 spiro atoms. The maximum Gasteiger partial charge on any atom is 0.242 e. The molecule has 4 nitrogen and oxygen atoms in total. The highest BCUT2D eigenvalue weighted by atomic mass is 79.9. The summed E-state index contributed by atoms with van der Waals surface area (Å²) < 4.78 is 6.44. The molecule has 0 saturated heterocycles. The first-order valence-corrected chi connectivity index (χ1v) is 9.75. The van der Waals surface area contributed by atoms with Crippen molar-refractivity contribution in [1.29, 1.82) is 0 Å². The van der Waals surface area contributed by atoms with E-state index in [1.165, 1.54) is 5.56 Å². The Labute approximate surface area is 162 Å². The van der Waals surface area contributed by atoms with E-state index < -0.39 is 0 Å². The van der Waals surface area contributed by atoms with Gasteiger partial charge in [-0.1, -0.05) is 41.1 Å². The van der Waals surface area contributed by atoms with Crippen molar-refractivity contribution in [2.75, 3.05) is 7.11 Å². The van der Waals surface area contributed by atoms with Gasteiger partial charge in [0.2, 0.25) is 5.91 Å². The molecule has 1 aliphatic heterocycles. The molecule has 2 aromatic carbocycles. The third-order valence-corrected chi connectivity index (χ3v) is 5.83. The van der Waals surface area contributed by atoms with Crippen molar-refractivity contribution < 1.29 is 9.53 Å². The van der Waals surface area contributed by atoms with Crippen LogP contribution in [-0.2, 0) is 11.2 Å². The molecule has 0 radical (unpaired) electrons. The van der Waals surface area contributed by atoms with Crippen molar-refractivity contribution in [2.45, 2.75) is 32.2 Å². The maximum atomic E-state index is 12.6. The number of nitrogens with zero attached hydrogens (tertiary/aromatic N) is 2. The lowest BCUT2D eigenvalue weighted by Crippen LogP contribution is -2.31. The number of hydrogen-bond acceptors (Lipinski definition) is 3.